The minimum Gasteiger partial charge on any atom is -0.497 e. The zero-order chi connectivity index (χ0) is 12.0. The van der Waals surface area contributed by atoms with Crippen LogP contribution in [-0.4, -0.2) is 26.0 Å². The van der Waals surface area contributed by atoms with Crippen LogP contribution in [0, 0.1) is 0 Å². The molecule has 0 fully saturated rings. The fourth-order valence-electron chi connectivity index (χ4n) is 1.09. The Kier molecular flexibility index (Phi) is 4.32. The molecule has 0 aliphatic carbocycles. The lowest BCUT2D eigenvalue weighted by Gasteiger charge is -2.04. The van der Waals surface area contributed by atoms with Gasteiger partial charge in [0.05, 0.1) is 19.9 Å². The van der Waals surface area contributed by atoms with Gasteiger partial charge in [-0.25, -0.2) is 10.2 Å². The van der Waals surface area contributed by atoms with E-state index in [1.165, 1.54) is 7.11 Å². The first-order valence-corrected chi connectivity index (χ1v) is 4.70. The van der Waals surface area contributed by atoms with Gasteiger partial charge in [0.15, 0.2) is 0 Å². The summed E-state index contributed by atoms with van der Waals surface area (Å²) in [5.74, 6) is 0.741. The van der Waals surface area contributed by atoms with Crippen molar-refractivity contribution in [1.29, 1.82) is 0 Å². The molecule has 0 atom stereocenters. The van der Waals surface area contributed by atoms with Gasteiger partial charge in [-0.3, -0.25) is 0 Å². The van der Waals surface area contributed by atoms with Crippen molar-refractivity contribution in [2.75, 3.05) is 14.2 Å². The van der Waals surface area contributed by atoms with E-state index in [1.807, 2.05) is 24.3 Å². The van der Waals surface area contributed by atoms with Gasteiger partial charge in [0.25, 0.3) is 0 Å². The Hall–Kier alpha value is -2.04. The summed E-state index contributed by atoms with van der Waals surface area (Å²) in [6, 6.07) is 7.40. The second-order valence-corrected chi connectivity index (χ2v) is 3.03. The lowest BCUT2D eigenvalue weighted by Crippen LogP contribution is -2.18. The van der Waals surface area contributed by atoms with Crippen molar-refractivity contribution in [3.63, 3.8) is 0 Å². The number of rotatable bonds is 3. The van der Waals surface area contributed by atoms with E-state index in [9.17, 15) is 4.79 Å². The number of ether oxygens (including phenoxy) is 2. The Morgan fingerprint density at radius 1 is 1.38 bits per heavy atom. The third kappa shape index (κ3) is 3.27. The quantitative estimate of drug-likeness (QED) is 0.626. The van der Waals surface area contributed by atoms with Gasteiger partial charge in [-0.15, -0.1) is 0 Å². The van der Waals surface area contributed by atoms with E-state index in [0.717, 1.165) is 11.3 Å². The number of nitrogens with zero attached hydrogens (tertiary/aromatic N) is 1. The van der Waals surface area contributed by atoms with Gasteiger partial charge in [0.1, 0.15) is 5.75 Å². The lowest BCUT2D eigenvalue weighted by molar-refractivity contribution is 0.171. The number of hydrazone groups is 1. The third-order valence-electron chi connectivity index (χ3n) is 1.99. The molecule has 5 heteroatoms. The number of carbonyl (C=O) groups is 1. The normalized spacial score (nSPS) is 10.8. The molecule has 0 unspecified atom stereocenters. The molecule has 0 bridgehead atoms. The molecule has 0 spiro atoms. The van der Waals surface area contributed by atoms with Crippen LogP contribution in [-0.2, 0) is 4.74 Å². The lowest BCUT2D eigenvalue weighted by atomic mass is 10.1. The van der Waals surface area contributed by atoms with Crippen molar-refractivity contribution in [2.45, 2.75) is 6.92 Å². The van der Waals surface area contributed by atoms with Gasteiger partial charge < -0.3 is 9.47 Å². The summed E-state index contributed by atoms with van der Waals surface area (Å²) < 4.78 is 9.48. The van der Waals surface area contributed by atoms with Gasteiger partial charge in [0.2, 0.25) is 0 Å². The molecule has 0 saturated heterocycles. The zero-order valence-corrected chi connectivity index (χ0v) is 9.48. The summed E-state index contributed by atoms with van der Waals surface area (Å²) >= 11 is 0. The third-order valence-corrected chi connectivity index (χ3v) is 1.99. The zero-order valence-electron chi connectivity index (χ0n) is 9.48. The highest BCUT2D eigenvalue weighted by molar-refractivity contribution is 5.99. The number of hydrogen-bond acceptors (Lipinski definition) is 4. The number of amides is 1. The molecule has 5 nitrogen and oxygen atoms in total. The molecule has 86 valence electrons. The van der Waals surface area contributed by atoms with Crippen molar-refractivity contribution in [2.24, 2.45) is 5.10 Å². The van der Waals surface area contributed by atoms with Crippen molar-refractivity contribution in [1.82, 2.24) is 5.43 Å². The summed E-state index contributed by atoms with van der Waals surface area (Å²) in [6.07, 6.45) is -0.595. The number of hydrogen-bond donors (Lipinski definition) is 1. The van der Waals surface area contributed by atoms with Crippen molar-refractivity contribution < 1.29 is 14.3 Å². The first-order valence-electron chi connectivity index (χ1n) is 4.70. The Bertz CT molecular complexity index is 402. The van der Waals surface area contributed by atoms with Gasteiger partial charge >= 0.3 is 6.09 Å². The van der Waals surface area contributed by atoms with E-state index in [4.69, 9.17) is 4.74 Å². The van der Waals surface area contributed by atoms with Crippen LogP contribution in [0.3, 0.4) is 0 Å². The summed E-state index contributed by atoms with van der Waals surface area (Å²) in [5, 5.41) is 3.88. The highest BCUT2D eigenvalue weighted by Crippen LogP contribution is 2.12. The Labute approximate surface area is 94.1 Å². The minimum atomic E-state index is -0.595. The van der Waals surface area contributed by atoms with Crippen LogP contribution < -0.4 is 10.2 Å². The van der Waals surface area contributed by atoms with E-state index in [1.54, 1.807) is 14.0 Å². The van der Waals surface area contributed by atoms with Crippen LogP contribution in [0.2, 0.25) is 0 Å². The molecule has 1 N–H and O–H groups in total. The molecule has 0 aliphatic rings. The van der Waals surface area contributed by atoms with Crippen LogP contribution in [0.1, 0.15) is 12.5 Å². The van der Waals surface area contributed by atoms with E-state index < -0.39 is 6.09 Å². The topological polar surface area (TPSA) is 59.9 Å². The van der Waals surface area contributed by atoms with Crippen molar-refractivity contribution >= 4 is 11.8 Å². The SMILES string of the molecule is COC(=O)N/N=C(/C)c1cccc(OC)c1. The molecule has 0 aromatic heterocycles. The van der Waals surface area contributed by atoms with Crippen LogP contribution in [0.15, 0.2) is 29.4 Å². The van der Waals surface area contributed by atoms with Crippen LogP contribution in [0.4, 0.5) is 4.79 Å². The highest BCUT2D eigenvalue weighted by atomic mass is 16.5. The number of methoxy groups -OCH3 is 2. The second kappa shape index (κ2) is 5.75. The van der Waals surface area contributed by atoms with Gasteiger partial charge in [-0.05, 0) is 19.1 Å². The maximum Gasteiger partial charge on any atom is 0.427 e. The molecule has 1 aromatic rings. The number of benzene rings is 1. The van der Waals surface area contributed by atoms with Gasteiger partial charge in [-0.2, -0.15) is 5.10 Å². The van der Waals surface area contributed by atoms with Crippen LogP contribution in [0.5, 0.6) is 5.75 Å². The smallest absolute Gasteiger partial charge is 0.427 e. The molecule has 16 heavy (non-hydrogen) atoms. The fourth-order valence-corrected chi connectivity index (χ4v) is 1.09. The molecule has 0 heterocycles. The number of nitrogens with one attached hydrogen (secondary N) is 1. The molecule has 1 aromatic carbocycles. The Morgan fingerprint density at radius 2 is 2.12 bits per heavy atom. The van der Waals surface area contributed by atoms with Crippen LogP contribution >= 0.6 is 0 Å². The fraction of sp³-hybridized carbons (Fsp3) is 0.273. The largest absolute Gasteiger partial charge is 0.497 e. The maximum atomic E-state index is 10.8. The van der Waals surface area contributed by atoms with E-state index in [2.05, 4.69) is 15.3 Å². The summed E-state index contributed by atoms with van der Waals surface area (Å²) in [7, 11) is 2.88. The Balaban J connectivity index is 2.78. The van der Waals surface area contributed by atoms with Gasteiger partial charge in [-0.1, -0.05) is 12.1 Å². The molecule has 1 rings (SSSR count). The van der Waals surface area contributed by atoms with Crippen molar-refractivity contribution in [3.05, 3.63) is 29.8 Å². The molecule has 0 aliphatic heterocycles. The van der Waals surface area contributed by atoms with E-state index in [-0.39, 0.29) is 0 Å². The standard InChI is InChI=1S/C11H14N2O3/c1-8(12-13-11(14)16-3)9-5-4-6-10(7-9)15-2/h4-7H,1-3H3,(H,13,14)/b12-8-. The Morgan fingerprint density at radius 3 is 2.75 bits per heavy atom. The molecule has 0 radical (unpaired) electrons. The number of carbonyl (C=O) groups excluding carboxylic acids is 1. The highest BCUT2D eigenvalue weighted by Gasteiger charge is 2.01. The predicted octanol–water partition coefficient (Wildman–Crippen LogP) is 1.78. The molecule has 0 saturated carbocycles. The predicted molar refractivity (Wildman–Crippen MR) is 60.7 cm³/mol. The summed E-state index contributed by atoms with van der Waals surface area (Å²) in [6.45, 7) is 1.78. The minimum absolute atomic E-state index is 0.595. The van der Waals surface area contributed by atoms with Crippen LogP contribution in [0.25, 0.3) is 0 Å². The summed E-state index contributed by atoms with van der Waals surface area (Å²) in [5.41, 5.74) is 3.80. The molecular weight excluding hydrogens is 208 g/mol. The average Bonchev–Trinajstić information content (AvgIpc) is 2.35. The second-order valence-electron chi connectivity index (χ2n) is 3.03. The monoisotopic (exact) mass is 222 g/mol. The average molecular weight is 222 g/mol. The van der Waals surface area contributed by atoms with Gasteiger partial charge in [0, 0.05) is 5.56 Å². The van der Waals surface area contributed by atoms with E-state index >= 15 is 0 Å². The first-order chi connectivity index (χ1) is 7.67. The molecular formula is C11H14N2O3. The molecule has 1 amide bonds. The van der Waals surface area contributed by atoms with Crippen molar-refractivity contribution in [3.8, 4) is 5.75 Å². The maximum absolute atomic E-state index is 10.8. The van der Waals surface area contributed by atoms with E-state index in [0.29, 0.717) is 5.71 Å². The first kappa shape index (κ1) is 12.0. The summed E-state index contributed by atoms with van der Waals surface area (Å²) in [4.78, 5) is 10.8.